The van der Waals surface area contributed by atoms with E-state index in [4.69, 9.17) is 0 Å². The molecule has 2 aromatic carbocycles. The van der Waals surface area contributed by atoms with Crippen molar-refractivity contribution < 1.29 is 4.39 Å². The minimum Gasteiger partial charge on any atom is -0.388 e. The van der Waals surface area contributed by atoms with Crippen molar-refractivity contribution >= 4 is 16.5 Å². The van der Waals surface area contributed by atoms with E-state index in [1.165, 1.54) is 6.07 Å². The van der Waals surface area contributed by atoms with E-state index in [1.54, 1.807) is 6.07 Å². The number of halogens is 1. The number of fused-ring (bicyclic) bond motifs is 1. The highest BCUT2D eigenvalue weighted by atomic mass is 19.1. The van der Waals surface area contributed by atoms with Gasteiger partial charge in [-0.15, -0.1) is 0 Å². The van der Waals surface area contributed by atoms with Gasteiger partial charge in [0, 0.05) is 18.1 Å². The molecule has 0 aromatic heterocycles. The smallest absolute Gasteiger partial charge is 0.131 e. The van der Waals surface area contributed by atoms with Crippen LogP contribution in [0.3, 0.4) is 0 Å². The van der Waals surface area contributed by atoms with Crippen molar-refractivity contribution in [3.05, 3.63) is 42.2 Å². The van der Waals surface area contributed by atoms with E-state index < -0.39 is 0 Å². The lowest BCUT2D eigenvalue weighted by molar-refractivity contribution is 0.640. The summed E-state index contributed by atoms with van der Waals surface area (Å²) in [6, 6.07) is 10.7. The van der Waals surface area contributed by atoms with Crippen LogP contribution in [0.2, 0.25) is 0 Å². The fourth-order valence-electron chi connectivity index (χ4n) is 1.39. The molecule has 0 unspecified atom stereocenters. The summed E-state index contributed by atoms with van der Waals surface area (Å²) in [7, 11) is 1.82. The topological polar surface area (TPSA) is 12.0 Å². The second-order valence-corrected chi connectivity index (χ2v) is 2.93. The summed E-state index contributed by atoms with van der Waals surface area (Å²) in [6.45, 7) is 0. The van der Waals surface area contributed by atoms with Gasteiger partial charge in [-0.25, -0.2) is 4.39 Å². The van der Waals surface area contributed by atoms with E-state index in [9.17, 15) is 4.39 Å². The first-order chi connectivity index (χ1) is 6.31. The number of hydrogen-bond acceptors (Lipinski definition) is 1. The second kappa shape index (κ2) is 3.05. The predicted molar refractivity (Wildman–Crippen MR) is 53.5 cm³/mol. The molecule has 0 atom stereocenters. The summed E-state index contributed by atoms with van der Waals surface area (Å²) in [5.74, 6) is -0.172. The van der Waals surface area contributed by atoms with Crippen molar-refractivity contribution in [1.82, 2.24) is 0 Å². The summed E-state index contributed by atoms with van der Waals surface area (Å²) in [5, 5.41) is 4.57. The maximum absolute atomic E-state index is 13.3. The van der Waals surface area contributed by atoms with Crippen molar-refractivity contribution in [2.24, 2.45) is 0 Å². The van der Waals surface area contributed by atoms with Crippen LogP contribution in [0.1, 0.15) is 0 Å². The molecule has 1 N–H and O–H groups in total. The zero-order chi connectivity index (χ0) is 9.26. The first-order valence-corrected chi connectivity index (χ1v) is 4.17. The molecule has 66 valence electrons. The van der Waals surface area contributed by atoms with Crippen LogP contribution in [0, 0.1) is 5.82 Å². The fourth-order valence-corrected chi connectivity index (χ4v) is 1.39. The first kappa shape index (κ1) is 8.05. The van der Waals surface area contributed by atoms with Crippen LogP contribution in [0.25, 0.3) is 10.8 Å². The SMILES string of the molecule is CNc1ccc2cccc(F)c2c1. The Morgan fingerprint density at radius 1 is 1.15 bits per heavy atom. The van der Waals surface area contributed by atoms with Gasteiger partial charge >= 0.3 is 0 Å². The van der Waals surface area contributed by atoms with E-state index in [2.05, 4.69) is 5.32 Å². The molecular formula is C11H10FN. The Morgan fingerprint density at radius 3 is 2.77 bits per heavy atom. The van der Waals surface area contributed by atoms with Gasteiger partial charge in [0.25, 0.3) is 0 Å². The summed E-state index contributed by atoms with van der Waals surface area (Å²) in [6.07, 6.45) is 0. The molecular weight excluding hydrogens is 165 g/mol. The van der Waals surface area contributed by atoms with Crippen LogP contribution in [-0.2, 0) is 0 Å². The van der Waals surface area contributed by atoms with E-state index >= 15 is 0 Å². The molecule has 13 heavy (non-hydrogen) atoms. The number of benzene rings is 2. The van der Waals surface area contributed by atoms with Crippen molar-refractivity contribution in [3.63, 3.8) is 0 Å². The molecule has 0 amide bonds. The number of rotatable bonds is 1. The molecule has 0 saturated carbocycles. The summed E-state index contributed by atoms with van der Waals surface area (Å²) < 4.78 is 13.3. The van der Waals surface area contributed by atoms with Gasteiger partial charge < -0.3 is 5.32 Å². The van der Waals surface area contributed by atoms with E-state index in [0.29, 0.717) is 5.39 Å². The molecule has 0 saturated heterocycles. The zero-order valence-electron chi connectivity index (χ0n) is 7.34. The molecule has 1 nitrogen and oxygen atoms in total. The van der Waals surface area contributed by atoms with Crippen LogP contribution in [0.15, 0.2) is 36.4 Å². The van der Waals surface area contributed by atoms with Gasteiger partial charge in [0.05, 0.1) is 0 Å². The number of nitrogens with one attached hydrogen (secondary N) is 1. The third kappa shape index (κ3) is 1.35. The summed E-state index contributed by atoms with van der Waals surface area (Å²) in [4.78, 5) is 0. The van der Waals surface area contributed by atoms with Crippen LogP contribution in [0.5, 0.6) is 0 Å². The van der Waals surface area contributed by atoms with Crippen molar-refractivity contribution in [2.45, 2.75) is 0 Å². The largest absolute Gasteiger partial charge is 0.388 e. The zero-order valence-corrected chi connectivity index (χ0v) is 7.34. The molecule has 0 fully saturated rings. The fraction of sp³-hybridized carbons (Fsp3) is 0.0909. The van der Waals surface area contributed by atoms with Crippen LogP contribution >= 0.6 is 0 Å². The highest BCUT2D eigenvalue weighted by Gasteiger charge is 1.99. The molecule has 2 rings (SSSR count). The van der Waals surface area contributed by atoms with Crippen LogP contribution < -0.4 is 5.32 Å². The Balaban J connectivity index is 2.74. The molecule has 0 radical (unpaired) electrons. The predicted octanol–water partition coefficient (Wildman–Crippen LogP) is 3.02. The second-order valence-electron chi connectivity index (χ2n) is 2.93. The van der Waals surface area contributed by atoms with E-state index in [1.807, 2.05) is 31.3 Å². The first-order valence-electron chi connectivity index (χ1n) is 4.17. The lowest BCUT2D eigenvalue weighted by Crippen LogP contribution is -1.88. The minimum atomic E-state index is -0.172. The van der Waals surface area contributed by atoms with Gasteiger partial charge in [-0.1, -0.05) is 18.2 Å². The van der Waals surface area contributed by atoms with Gasteiger partial charge in [-0.2, -0.15) is 0 Å². The Morgan fingerprint density at radius 2 is 2.00 bits per heavy atom. The highest BCUT2D eigenvalue weighted by Crippen LogP contribution is 2.21. The standard InChI is InChI=1S/C11H10FN/c1-13-9-6-5-8-3-2-4-11(12)10(8)7-9/h2-7,13H,1H3. The average molecular weight is 175 g/mol. The monoisotopic (exact) mass is 175 g/mol. The highest BCUT2D eigenvalue weighted by molar-refractivity contribution is 5.86. The molecule has 2 aromatic rings. The Labute approximate surface area is 76.2 Å². The molecule has 0 bridgehead atoms. The maximum atomic E-state index is 13.3. The summed E-state index contributed by atoms with van der Waals surface area (Å²) in [5.41, 5.74) is 0.928. The van der Waals surface area contributed by atoms with Crippen molar-refractivity contribution in [3.8, 4) is 0 Å². The summed E-state index contributed by atoms with van der Waals surface area (Å²) >= 11 is 0. The maximum Gasteiger partial charge on any atom is 0.131 e. The van der Waals surface area contributed by atoms with Crippen LogP contribution in [-0.4, -0.2) is 7.05 Å². The Hall–Kier alpha value is -1.57. The third-order valence-corrected chi connectivity index (χ3v) is 2.12. The molecule has 0 aliphatic carbocycles. The Bertz CT molecular complexity index is 437. The molecule has 0 spiro atoms. The van der Waals surface area contributed by atoms with Crippen molar-refractivity contribution in [2.75, 3.05) is 12.4 Å². The molecule has 2 heteroatoms. The van der Waals surface area contributed by atoms with Gasteiger partial charge in [0.15, 0.2) is 0 Å². The number of anilines is 1. The minimum absolute atomic E-state index is 0.172. The van der Waals surface area contributed by atoms with E-state index in [0.717, 1.165) is 11.1 Å². The third-order valence-electron chi connectivity index (χ3n) is 2.12. The molecule has 0 aliphatic rings. The number of hydrogen-bond donors (Lipinski definition) is 1. The normalized spacial score (nSPS) is 10.3. The van der Waals surface area contributed by atoms with Gasteiger partial charge in [0.2, 0.25) is 0 Å². The average Bonchev–Trinajstić information content (AvgIpc) is 2.18. The Kier molecular flexibility index (Phi) is 1.89. The van der Waals surface area contributed by atoms with Gasteiger partial charge in [-0.05, 0) is 23.6 Å². The quantitative estimate of drug-likeness (QED) is 0.702. The lowest BCUT2D eigenvalue weighted by atomic mass is 10.1. The van der Waals surface area contributed by atoms with E-state index in [-0.39, 0.29) is 5.82 Å². The van der Waals surface area contributed by atoms with Gasteiger partial charge in [-0.3, -0.25) is 0 Å². The molecule has 0 heterocycles. The van der Waals surface area contributed by atoms with Crippen molar-refractivity contribution in [1.29, 1.82) is 0 Å². The molecule has 0 aliphatic heterocycles. The van der Waals surface area contributed by atoms with Gasteiger partial charge in [0.1, 0.15) is 5.82 Å². The van der Waals surface area contributed by atoms with Crippen LogP contribution in [0.4, 0.5) is 10.1 Å². The lowest BCUT2D eigenvalue weighted by Gasteiger charge is -2.02.